The molecule has 0 amide bonds. The molecule has 0 bridgehead atoms. The molecule has 0 aliphatic carbocycles. The Morgan fingerprint density at radius 1 is 1.53 bits per heavy atom. The average molecular weight is 207 g/mol. The van der Waals surface area contributed by atoms with E-state index in [1.807, 2.05) is 13.8 Å². The van der Waals surface area contributed by atoms with Crippen LogP contribution in [0, 0.1) is 25.2 Å². The molecule has 0 radical (unpaired) electrons. The number of hydrogen-bond acceptors (Lipinski definition) is 4. The van der Waals surface area contributed by atoms with Gasteiger partial charge in [-0.3, -0.25) is 0 Å². The van der Waals surface area contributed by atoms with Gasteiger partial charge in [-0.2, -0.15) is 5.26 Å². The monoisotopic (exact) mass is 207 g/mol. The molecule has 0 spiro atoms. The van der Waals surface area contributed by atoms with Crippen molar-refractivity contribution >= 4 is 0 Å². The summed E-state index contributed by atoms with van der Waals surface area (Å²) in [6.07, 6.45) is 1.50. The lowest BCUT2D eigenvalue weighted by atomic mass is 10.1. The number of rotatable bonds is 5. The highest BCUT2D eigenvalue weighted by Crippen LogP contribution is 2.12. The Morgan fingerprint density at radius 2 is 2.27 bits per heavy atom. The van der Waals surface area contributed by atoms with Crippen LogP contribution in [-0.4, -0.2) is 11.2 Å². The number of aromatic nitrogens is 1. The van der Waals surface area contributed by atoms with Crippen LogP contribution in [0.2, 0.25) is 0 Å². The number of nitriles is 1. The fourth-order valence-corrected chi connectivity index (χ4v) is 1.47. The Labute approximate surface area is 90.3 Å². The maximum absolute atomic E-state index is 8.61. The van der Waals surface area contributed by atoms with Crippen LogP contribution >= 0.6 is 0 Å². The van der Waals surface area contributed by atoms with E-state index < -0.39 is 0 Å². The molecule has 0 fully saturated rings. The van der Waals surface area contributed by atoms with Crippen molar-refractivity contribution in [2.45, 2.75) is 46.2 Å². The molecule has 4 heteroatoms. The van der Waals surface area contributed by atoms with Gasteiger partial charge < -0.3 is 9.84 Å². The Morgan fingerprint density at radius 3 is 2.73 bits per heavy atom. The molecule has 0 saturated carbocycles. The lowest BCUT2D eigenvalue weighted by molar-refractivity contribution is 0.391. The standard InChI is InChI=1S/C11H17N3O/c1-4-10(5-6-12)13-7-11-8(2)14-15-9(11)3/h10,13H,4-5,7H2,1-3H3. The minimum absolute atomic E-state index is 0.253. The number of nitrogens with zero attached hydrogens (tertiary/aromatic N) is 2. The van der Waals surface area contributed by atoms with E-state index >= 15 is 0 Å². The molecule has 1 aromatic heterocycles. The summed E-state index contributed by atoms with van der Waals surface area (Å²) >= 11 is 0. The van der Waals surface area contributed by atoms with Crippen LogP contribution in [0.15, 0.2) is 4.52 Å². The molecule has 82 valence electrons. The van der Waals surface area contributed by atoms with Gasteiger partial charge in [-0.1, -0.05) is 12.1 Å². The van der Waals surface area contributed by atoms with Crippen LogP contribution in [-0.2, 0) is 6.54 Å². The third kappa shape index (κ3) is 3.07. The zero-order valence-corrected chi connectivity index (χ0v) is 9.50. The van der Waals surface area contributed by atoms with Gasteiger partial charge in [-0.15, -0.1) is 0 Å². The van der Waals surface area contributed by atoms with Gasteiger partial charge in [0, 0.05) is 18.2 Å². The largest absolute Gasteiger partial charge is 0.361 e. The summed E-state index contributed by atoms with van der Waals surface area (Å²) < 4.78 is 5.07. The first-order valence-corrected chi connectivity index (χ1v) is 5.21. The number of aryl methyl sites for hydroxylation is 2. The Bertz CT molecular complexity index is 332. The molecule has 1 N–H and O–H groups in total. The van der Waals surface area contributed by atoms with E-state index in [-0.39, 0.29) is 6.04 Å². The van der Waals surface area contributed by atoms with Crippen molar-refractivity contribution in [2.75, 3.05) is 0 Å². The fourth-order valence-electron chi connectivity index (χ4n) is 1.47. The van der Waals surface area contributed by atoms with Crippen molar-refractivity contribution in [3.63, 3.8) is 0 Å². The minimum Gasteiger partial charge on any atom is -0.361 e. The van der Waals surface area contributed by atoms with E-state index in [4.69, 9.17) is 9.78 Å². The second-order valence-corrected chi connectivity index (χ2v) is 3.65. The Kier molecular flexibility index (Phi) is 4.32. The quantitative estimate of drug-likeness (QED) is 0.802. The van der Waals surface area contributed by atoms with E-state index in [1.54, 1.807) is 0 Å². The molecular formula is C11H17N3O. The molecule has 1 atom stereocenters. The van der Waals surface area contributed by atoms with E-state index in [1.165, 1.54) is 0 Å². The summed E-state index contributed by atoms with van der Waals surface area (Å²) in [6, 6.07) is 2.43. The summed E-state index contributed by atoms with van der Waals surface area (Å²) in [5, 5.41) is 15.8. The van der Waals surface area contributed by atoms with Crippen LogP contribution in [0.25, 0.3) is 0 Å². The third-order valence-corrected chi connectivity index (χ3v) is 2.58. The van der Waals surface area contributed by atoms with E-state index in [0.717, 1.165) is 30.0 Å². The predicted molar refractivity (Wildman–Crippen MR) is 57.1 cm³/mol. The third-order valence-electron chi connectivity index (χ3n) is 2.58. The topological polar surface area (TPSA) is 61.9 Å². The molecule has 15 heavy (non-hydrogen) atoms. The van der Waals surface area contributed by atoms with Gasteiger partial charge in [0.1, 0.15) is 5.76 Å². The Hall–Kier alpha value is -1.34. The first-order valence-electron chi connectivity index (χ1n) is 5.21. The zero-order valence-electron chi connectivity index (χ0n) is 9.50. The molecule has 1 heterocycles. The SMILES string of the molecule is CCC(CC#N)NCc1c(C)noc1C. The molecule has 1 unspecified atom stereocenters. The van der Waals surface area contributed by atoms with E-state index in [0.29, 0.717) is 6.42 Å². The van der Waals surface area contributed by atoms with Gasteiger partial charge in [0.2, 0.25) is 0 Å². The van der Waals surface area contributed by atoms with Crippen LogP contribution in [0.1, 0.15) is 36.8 Å². The molecule has 1 rings (SSSR count). The first kappa shape index (κ1) is 11.7. The predicted octanol–water partition coefficient (Wildman–Crippen LogP) is 2.07. The molecule has 4 nitrogen and oxygen atoms in total. The fraction of sp³-hybridized carbons (Fsp3) is 0.636. The maximum atomic E-state index is 8.61. The summed E-state index contributed by atoms with van der Waals surface area (Å²) in [6.45, 7) is 6.63. The van der Waals surface area contributed by atoms with Gasteiger partial charge >= 0.3 is 0 Å². The zero-order chi connectivity index (χ0) is 11.3. The van der Waals surface area contributed by atoms with Gasteiger partial charge in [-0.25, -0.2) is 0 Å². The van der Waals surface area contributed by atoms with Crippen LogP contribution in [0.4, 0.5) is 0 Å². The van der Waals surface area contributed by atoms with Crippen LogP contribution in [0.3, 0.4) is 0 Å². The molecule has 0 aliphatic rings. The van der Waals surface area contributed by atoms with Crippen LogP contribution < -0.4 is 5.32 Å². The molecule has 0 aliphatic heterocycles. The van der Waals surface area contributed by atoms with E-state index in [9.17, 15) is 0 Å². The highest BCUT2D eigenvalue weighted by atomic mass is 16.5. The summed E-state index contributed by atoms with van der Waals surface area (Å²) in [5.74, 6) is 0.854. The second-order valence-electron chi connectivity index (χ2n) is 3.65. The molecule has 0 aromatic carbocycles. The summed E-state index contributed by atoms with van der Waals surface area (Å²) in [5.41, 5.74) is 2.03. The molecular weight excluding hydrogens is 190 g/mol. The van der Waals surface area contributed by atoms with E-state index in [2.05, 4.69) is 23.5 Å². The Balaban J connectivity index is 2.53. The number of nitrogens with one attached hydrogen (secondary N) is 1. The molecule has 0 saturated heterocycles. The van der Waals surface area contributed by atoms with Gasteiger partial charge in [0.05, 0.1) is 18.2 Å². The average Bonchev–Trinajstić information content (AvgIpc) is 2.54. The first-order chi connectivity index (χ1) is 7.19. The van der Waals surface area contributed by atoms with Crippen molar-refractivity contribution < 1.29 is 4.52 Å². The van der Waals surface area contributed by atoms with Gasteiger partial charge in [-0.05, 0) is 20.3 Å². The normalized spacial score (nSPS) is 12.4. The summed E-state index contributed by atoms with van der Waals surface area (Å²) in [7, 11) is 0. The second kappa shape index (κ2) is 5.52. The van der Waals surface area contributed by atoms with Crippen molar-refractivity contribution in [3.8, 4) is 6.07 Å². The van der Waals surface area contributed by atoms with Gasteiger partial charge in [0.25, 0.3) is 0 Å². The van der Waals surface area contributed by atoms with Crippen molar-refractivity contribution in [3.05, 3.63) is 17.0 Å². The molecule has 1 aromatic rings. The lowest BCUT2D eigenvalue weighted by Crippen LogP contribution is -2.27. The van der Waals surface area contributed by atoms with Crippen molar-refractivity contribution in [2.24, 2.45) is 0 Å². The minimum atomic E-state index is 0.253. The summed E-state index contributed by atoms with van der Waals surface area (Å²) in [4.78, 5) is 0. The highest BCUT2D eigenvalue weighted by Gasteiger charge is 2.11. The highest BCUT2D eigenvalue weighted by molar-refractivity contribution is 5.20. The smallest absolute Gasteiger partial charge is 0.138 e. The van der Waals surface area contributed by atoms with Crippen LogP contribution in [0.5, 0.6) is 0 Å². The van der Waals surface area contributed by atoms with Gasteiger partial charge in [0.15, 0.2) is 0 Å². The number of hydrogen-bond donors (Lipinski definition) is 1. The maximum Gasteiger partial charge on any atom is 0.138 e. The van der Waals surface area contributed by atoms with Crippen molar-refractivity contribution in [1.29, 1.82) is 5.26 Å². The van der Waals surface area contributed by atoms with Crippen molar-refractivity contribution in [1.82, 2.24) is 10.5 Å². The lowest BCUT2D eigenvalue weighted by Gasteiger charge is -2.12.